The molecule has 1 aliphatic heterocycles. The number of hydrogen-bond donors (Lipinski definition) is 1. The van der Waals surface area contributed by atoms with Crippen LogP contribution in [0.5, 0.6) is 0 Å². The molecule has 0 saturated carbocycles. The summed E-state index contributed by atoms with van der Waals surface area (Å²) >= 11 is 0. The number of hydrogen-bond acceptors (Lipinski definition) is 6. The first-order chi connectivity index (χ1) is 15.1. The highest BCUT2D eigenvalue weighted by Gasteiger charge is 2.41. The second-order valence-corrected chi connectivity index (χ2v) is 9.15. The summed E-state index contributed by atoms with van der Waals surface area (Å²) in [6.45, 7) is 7.75. The molecule has 0 aromatic heterocycles. The summed E-state index contributed by atoms with van der Waals surface area (Å²) in [6, 6.07) is 8.31. The molecule has 1 aliphatic rings. The molecule has 1 aromatic carbocycles. The van der Waals surface area contributed by atoms with Crippen LogP contribution < -0.4 is 5.32 Å². The van der Waals surface area contributed by atoms with Gasteiger partial charge in [-0.3, -0.25) is 4.79 Å². The van der Waals surface area contributed by atoms with Crippen LogP contribution in [0.25, 0.3) is 0 Å². The fourth-order valence-corrected chi connectivity index (χ4v) is 4.01. The number of nitrogens with one attached hydrogen (secondary N) is 1. The van der Waals surface area contributed by atoms with Gasteiger partial charge in [0.1, 0.15) is 11.6 Å². The Kier molecular flexibility index (Phi) is 9.07. The number of methoxy groups -OCH3 is 2. The Bertz CT molecular complexity index is 776. The second-order valence-electron chi connectivity index (χ2n) is 9.15. The van der Waals surface area contributed by atoms with Crippen molar-refractivity contribution >= 4 is 18.0 Å². The monoisotopic (exact) mass is 448 g/mol. The lowest BCUT2D eigenvalue weighted by molar-refractivity contribution is -0.146. The first kappa shape index (κ1) is 25.6. The van der Waals surface area contributed by atoms with Gasteiger partial charge in [0.15, 0.2) is 0 Å². The summed E-state index contributed by atoms with van der Waals surface area (Å²) in [7, 11) is 2.83. The standard InChI is InChI=1S/C24H36N2O6/c1-16(20(30-5)19-13-10-14-26(19)23(29)32-24(2,3)4)21(27)25-18(22(28)31-6)15-17-11-8-7-9-12-17/h7-9,11-12,16,18-20H,10,13-15H2,1-6H3,(H,25,27)/t16-,18+,19?,20-/m1/s1. The maximum absolute atomic E-state index is 13.1. The van der Waals surface area contributed by atoms with Crippen LogP contribution in [0.2, 0.25) is 0 Å². The van der Waals surface area contributed by atoms with Crippen LogP contribution >= 0.6 is 0 Å². The highest BCUT2D eigenvalue weighted by atomic mass is 16.6. The average molecular weight is 449 g/mol. The number of likely N-dealkylation sites (tertiary alicyclic amines) is 1. The molecule has 0 aliphatic carbocycles. The third kappa shape index (κ3) is 6.95. The van der Waals surface area contributed by atoms with E-state index in [0.717, 1.165) is 12.0 Å². The number of nitrogens with zero attached hydrogens (tertiary/aromatic N) is 1. The molecule has 0 bridgehead atoms. The van der Waals surface area contributed by atoms with Gasteiger partial charge in [0.25, 0.3) is 0 Å². The van der Waals surface area contributed by atoms with Crippen molar-refractivity contribution in [2.45, 2.75) is 70.7 Å². The van der Waals surface area contributed by atoms with Gasteiger partial charge in [-0.15, -0.1) is 0 Å². The quantitative estimate of drug-likeness (QED) is 0.615. The van der Waals surface area contributed by atoms with E-state index >= 15 is 0 Å². The minimum atomic E-state index is -0.819. The van der Waals surface area contributed by atoms with E-state index in [1.165, 1.54) is 14.2 Å². The highest BCUT2D eigenvalue weighted by Crippen LogP contribution is 2.28. The lowest BCUT2D eigenvalue weighted by Gasteiger charge is -2.35. The lowest BCUT2D eigenvalue weighted by atomic mass is 9.94. The molecule has 1 unspecified atom stereocenters. The molecular formula is C24H36N2O6. The van der Waals surface area contributed by atoms with Crippen LogP contribution in [0.3, 0.4) is 0 Å². The molecule has 1 N–H and O–H groups in total. The Morgan fingerprint density at radius 1 is 1.16 bits per heavy atom. The van der Waals surface area contributed by atoms with Crippen LogP contribution in [0.15, 0.2) is 30.3 Å². The Hall–Kier alpha value is -2.61. The maximum atomic E-state index is 13.1. The van der Waals surface area contributed by atoms with E-state index in [-0.39, 0.29) is 11.9 Å². The molecule has 4 atom stereocenters. The van der Waals surface area contributed by atoms with Crippen molar-refractivity contribution in [1.29, 1.82) is 0 Å². The van der Waals surface area contributed by atoms with E-state index in [4.69, 9.17) is 14.2 Å². The average Bonchev–Trinajstić information content (AvgIpc) is 3.22. The minimum absolute atomic E-state index is 0.290. The molecule has 32 heavy (non-hydrogen) atoms. The smallest absolute Gasteiger partial charge is 0.410 e. The number of benzene rings is 1. The fourth-order valence-electron chi connectivity index (χ4n) is 4.01. The van der Waals surface area contributed by atoms with Crippen molar-refractivity contribution in [3.63, 3.8) is 0 Å². The maximum Gasteiger partial charge on any atom is 0.410 e. The zero-order chi connectivity index (χ0) is 23.9. The fraction of sp³-hybridized carbons (Fsp3) is 0.625. The van der Waals surface area contributed by atoms with Crippen LogP contribution in [-0.2, 0) is 30.2 Å². The molecule has 2 amide bonds. The van der Waals surface area contributed by atoms with Crippen molar-refractivity contribution < 1.29 is 28.6 Å². The normalized spacial score (nSPS) is 19.1. The van der Waals surface area contributed by atoms with Gasteiger partial charge in [-0.1, -0.05) is 37.3 Å². The van der Waals surface area contributed by atoms with Crippen molar-refractivity contribution in [1.82, 2.24) is 10.2 Å². The number of ether oxygens (including phenoxy) is 3. The van der Waals surface area contributed by atoms with Gasteiger partial charge in [-0.2, -0.15) is 0 Å². The van der Waals surface area contributed by atoms with Crippen LogP contribution in [-0.4, -0.2) is 67.4 Å². The highest BCUT2D eigenvalue weighted by molar-refractivity contribution is 5.86. The summed E-state index contributed by atoms with van der Waals surface area (Å²) < 4.78 is 16.1. The Morgan fingerprint density at radius 2 is 1.81 bits per heavy atom. The van der Waals surface area contributed by atoms with Gasteiger partial charge >= 0.3 is 12.1 Å². The molecule has 2 rings (SSSR count). The molecule has 0 spiro atoms. The Morgan fingerprint density at radius 3 is 2.38 bits per heavy atom. The SMILES string of the molecule is COC(=O)[C@H](Cc1ccccc1)NC(=O)[C@H](C)[C@@H](OC)C1CCCN1C(=O)OC(C)(C)C. The van der Waals surface area contributed by atoms with Gasteiger partial charge in [0.05, 0.1) is 25.2 Å². The molecule has 8 nitrogen and oxygen atoms in total. The minimum Gasteiger partial charge on any atom is -0.467 e. The number of carbonyl (C=O) groups is 3. The predicted molar refractivity (Wildman–Crippen MR) is 120 cm³/mol. The van der Waals surface area contributed by atoms with Crippen molar-refractivity contribution in [2.24, 2.45) is 5.92 Å². The molecule has 1 fully saturated rings. The summed E-state index contributed by atoms with van der Waals surface area (Å²) in [5.74, 6) is -1.45. The van der Waals surface area contributed by atoms with Crippen LogP contribution in [0, 0.1) is 5.92 Å². The van der Waals surface area contributed by atoms with Gasteiger partial charge in [0, 0.05) is 20.1 Å². The summed E-state index contributed by atoms with van der Waals surface area (Å²) in [5.41, 5.74) is 0.298. The second kappa shape index (κ2) is 11.3. The Balaban J connectivity index is 2.11. The zero-order valence-electron chi connectivity index (χ0n) is 19.9. The third-order valence-electron chi connectivity index (χ3n) is 5.57. The summed E-state index contributed by atoms with van der Waals surface area (Å²) in [4.78, 5) is 39.7. The summed E-state index contributed by atoms with van der Waals surface area (Å²) in [5, 5.41) is 2.81. The van der Waals surface area contributed by atoms with E-state index in [1.54, 1.807) is 11.8 Å². The van der Waals surface area contributed by atoms with Gasteiger partial charge in [-0.05, 0) is 39.2 Å². The molecule has 0 radical (unpaired) electrons. The van der Waals surface area contributed by atoms with E-state index in [9.17, 15) is 14.4 Å². The van der Waals surface area contributed by atoms with Crippen LogP contribution in [0.4, 0.5) is 4.79 Å². The Labute approximate surface area is 190 Å². The van der Waals surface area contributed by atoms with Crippen molar-refractivity contribution in [3.05, 3.63) is 35.9 Å². The first-order valence-electron chi connectivity index (χ1n) is 11.0. The topological polar surface area (TPSA) is 94.2 Å². The molecule has 1 aromatic rings. The molecule has 1 saturated heterocycles. The first-order valence-corrected chi connectivity index (χ1v) is 11.0. The van der Waals surface area contributed by atoms with Gasteiger partial charge in [0.2, 0.25) is 5.91 Å². The third-order valence-corrected chi connectivity index (χ3v) is 5.57. The molecule has 8 heteroatoms. The van der Waals surface area contributed by atoms with Crippen LogP contribution in [0.1, 0.15) is 46.1 Å². The lowest BCUT2D eigenvalue weighted by Crippen LogP contribution is -2.53. The predicted octanol–water partition coefficient (Wildman–Crippen LogP) is 2.94. The van der Waals surface area contributed by atoms with E-state index in [2.05, 4.69) is 5.32 Å². The van der Waals surface area contributed by atoms with E-state index in [0.29, 0.717) is 19.4 Å². The van der Waals surface area contributed by atoms with Crippen molar-refractivity contribution in [3.8, 4) is 0 Å². The number of esters is 1. The summed E-state index contributed by atoms with van der Waals surface area (Å²) in [6.07, 6.45) is 0.875. The molecule has 1 heterocycles. The number of rotatable bonds is 8. The van der Waals surface area contributed by atoms with E-state index in [1.807, 2.05) is 51.1 Å². The van der Waals surface area contributed by atoms with Gasteiger partial charge < -0.3 is 24.4 Å². The zero-order valence-corrected chi connectivity index (χ0v) is 19.9. The van der Waals surface area contributed by atoms with Crippen molar-refractivity contribution in [2.75, 3.05) is 20.8 Å². The number of amides is 2. The van der Waals surface area contributed by atoms with Gasteiger partial charge in [-0.25, -0.2) is 9.59 Å². The molecule has 178 valence electrons. The largest absolute Gasteiger partial charge is 0.467 e. The molecular weight excluding hydrogens is 412 g/mol. The number of carbonyl (C=O) groups excluding carboxylic acids is 3. The van der Waals surface area contributed by atoms with E-state index < -0.39 is 35.7 Å².